The van der Waals surface area contributed by atoms with Gasteiger partial charge in [-0.3, -0.25) is 4.79 Å². The van der Waals surface area contributed by atoms with Crippen LogP contribution in [0.5, 0.6) is 0 Å². The van der Waals surface area contributed by atoms with Crippen molar-refractivity contribution in [1.29, 1.82) is 0 Å². The molecule has 1 aromatic carbocycles. The van der Waals surface area contributed by atoms with E-state index in [9.17, 15) is 9.18 Å². The van der Waals surface area contributed by atoms with E-state index in [1.807, 2.05) is 6.07 Å². The van der Waals surface area contributed by atoms with E-state index in [1.165, 1.54) is 12.1 Å². The van der Waals surface area contributed by atoms with Crippen molar-refractivity contribution in [2.45, 2.75) is 31.2 Å². The van der Waals surface area contributed by atoms with E-state index in [1.54, 1.807) is 6.07 Å². The molecular formula is C15H20ClFN2O. The Kier molecular flexibility index (Phi) is 4.66. The molecule has 0 spiro atoms. The SMILES string of the molecule is Cl.O=C(NC1(c2cccc(F)c2)CC1)C1CCNCC1. The van der Waals surface area contributed by atoms with E-state index in [-0.39, 0.29) is 35.6 Å². The molecule has 3 rings (SSSR count). The molecule has 1 aliphatic carbocycles. The molecule has 0 radical (unpaired) electrons. The van der Waals surface area contributed by atoms with Crippen LogP contribution >= 0.6 is 12.4 Å². The normalized spacial score (nSPS) is 20.9. The minimum atomic E-state index is -0.302. The van der Waals surface area contributed by atoms with Crippen LogP contribution in [0.1, 0.15) is 31.2 Å². The van der Waals surface area contributed by atoms with Gasteiger partial charge in [0.1, 0.15) is 5.82 Å². The Morgan fingerprint density at radius 3 is 2.60 bits per heavy atom. The number of carbonyl (C=O) groups is 1. The van der Waals surface area contributed by atoms with Gasteiger partial charge in [0.15, 0.2) is 0 Å². The van der Waals surface area contributed by atoms with Crippen molar-refractivity contribution in [1.82, 2.24) is 10.6 Å². The van der Waals surface area contributed by atoms with Crippen molar-refractivity contribution in [3.8, 4) is 0 Å². The van der Waals surface area contributed by atoms with Crippen molar-refractivity contribution in [2.24, 2.45) is 5.92 Å². The minimum Gasteiger partial charge on any atom is -0.346 e. The van der Waals surface area contributed by atoms with Gasteiger partial charge in [0.2, 0.25) is 5.91 Å². The quantitative estimate of drug-likeness (QED) is 0.899. The fraction of sp³-hybridized carbons (Fsp3) is 0.533. The highest BCUT2D eigenvalue weighted by atomic mass is 35.5. The molecule has 2 N–H and O–H groups in total. The number of rotatable bonds is 3. The smallest absolute Gasteiger partial charge is 0.223 e. The Bertz CT molecular complexity index is 485. The topological polar surface area (TPSA) is 41.1 Å². The molecule has 1 heterocycles. The molecule has 1 amide bonds. The molecule has 3 nitrogen and oxygen atoms in total. The largest absolute Gasteiger partial charge is 0.346 e. The van der Waals surface area contributed by atoms with Crippen LogP contribution in [0.4, 0.5) is 4.39 Å². The average Bonchev–Trinajstić information content (AvgIpc) is 3.21. The number of carbonyl (C=O) groups excluding carboxylic acids is 1. The number of piperidine rings is 1. The molecule has 0 aromatic heterocycles. The zero-order chi connectivity index (χ0) is 13.3. The third kappa shape index (κ3) is 3.13. The van der Waals surface area contributed by atoms with Crippen LogP contribution in [0, 0.1) is 11.7 Å². The molecule has 0 unspecified atom stereocenters. The Morgan fingerprint density at radius 1 is 1.30 bits per heavy atom. The standard InChI is InChI=1S/C15H19FN2O.ClH/c16-13-3-1-2-12(10-13)15(6-7-15)18-14(19)11-4-8-17-9-5-11;/h1-3,10-11,17H,4-9H2,(H,18,19);1H. The van der Waals surface area contributed by atoms with Crippen molar-refractivity contribution >= 4 is 18.3 Å². The van der Waals surface area contributed by atoms with Crippen molar-refractivity contribution in [2.75, 3.05) is 13.1 Å². The maximum Gasteiger partial charge on any atom is 0.223 e. The summed E-state index contributed by atoms with van der Waals surface area (Å²) in [5.74, 6) is -0.00423. The summed E-state index contributed by atoms with van der Waals surface area (Å²) >= 11 is 0. The predicted octanol–water partition coefficient (Wildman–Crippen LogP) is 2.35. The molecule has 2 aliphatic rings. The van der Waals surface area contributed by atoms with Gasteiger partial charge >= 0.3 is 0 Å². The summed E-state index contributed by atoms with van der Waals surface area (Å²) in [6, 6.07) is 6.59. The molecule has 2 fully saturated rings. The highest BCUT2D eigenvalue weighted by Gasteiger charge is 2.46. The van der Waals surface area contributed by atoms with Gasteiger partial charge in [0.05, 0.1) is 5.54 Å². The second kappa shape index (κ2) is 6.10. The lowest BCUT2D eigenvalue weighted by Gasteiger charge is -2.25. The molecule has 0 atom stereocenters. The van der Waals surface area contributed by atoms with Gasteiger partial charge in [0.25, 0.3) is 0 Å². The number of halogens is 2. The van der Waals surface area contributed by atoms with Gasteiger partial charge in [-0.05, 0) is 56.5 Å². The average molecular weight is 299 g/mol. The summed E-state index contributed by atoms with van der Waals surface area (Å²) in [6.07, 6.45) is 3.61. The fourth-order valence-corrected chi connectivity index (χ4v) is 2.82. The number of hydrogen-bond donors (Lipinski definition) is 2. The lowest BCUT2D eigenvalue weighted by molar-refractivity contribution is -0.126. The van der Waals surface area contributed by atoms with Crippen molar-refractivity contribution in [3.05, 3.63) is 35.6 Å². The lowest BCUT2D eigenvalue weighted by atomic mass is 9.95. The lowest BCUT2D eigenvalue weighted by Crippen LogP contribution is -2.42. The summed E-state index contributed by atoms with van der Waals surface area (Å²) in [7, 11) is 0. The summed E-state index contributed by atoms with van der Waals surface area (Å²) in [6.45, 7) is 1.82. The highest BCUT2D eigenvalue weighted by molar-refractivity contribution is 5.85. The first kappa shape index (κ1) is 15.3. The number of hydrogen-bond acceptors (Lipinski definition) is 2. The third-order valence-corrected chi connectivity index (χ3v) is 4.20. The van der Waals surface area contributed by atoms with Gasteiger partial charge in [-0.25, -0.2) is 4.39 Å². The Morgan fingerprint density at radius 2 is 2.00 bits per heavy atom. The molecule has 1 saturated carbocycles. The first-order chi connectivity index (χ1) is 9.20. The number of benzene rings is 1. The van der Waals surface area contributed by atoms with E-state index in [0.29, 0.717) is 0 Å². The predicted molar refractivity (Wildman–Crippen MR) is 78.3 cm³/mol. The second-order valence-electron chi connectivity index (χ2n) is 5.61. The molecule has 1 saturated heterocycles. The van der Waals surface area contributed by atoms with E-state index in [4.69, 9.17) is 0 Å². The highest BCUT2D eigenvalue weighted by Crippen LogP contribution is 2.45. The molecular weight excluding hydrogens is 279 g/mol. The maximum atomic E-state index is 13.3. The maximum absolute atomic E-state index is 13.3. The molecule has 0 bridgehead atoms. The molecule has 1 aromatic rings. The minimum absolute atomic E-state index is 0. The Balaban J connectivity index is 0.00000147. The molecule has 20 heavy (non-hydrogen) atoms. The molecule has 1 aliphatic heterocycles. The van der Waals surface area contributed by atoms with Crippen LogP contribution in [0.2, 0.25) is 0 Å². The van der Waals surface area contributed by atoms with Gasteiger partial charge in [-0.1, -0.05) is 12.1 Å². The Labute approximate surface area is 124 Å². The van der Waals surface area contributed by atoms with Crippen molar-refractivity contribution in [3.63, 3.8) is 0 Å². The van der Waals surface area contributed by atoms with Gasteiger partial charge in [-0.2, -0.15) is 0 Å². The van der Waals surface area contributed by atoms with Crippen molar-refractivity contribution < 1.29 is 9.18 Å². The van der Waals surface area contributed by atoms with E-state index >= 15 is 0 Å². The molecule has 5 heteroatoms. The van der Waals surface area contributed by atoms with Gasteiger partial charge in [-0.15, -0.1) is 12.4 Å². The van der Waals surface area contributed by atoms with E-state index < -0.39 is 0 Å². The molecule has 110 valence electrons. The summed E-state index contributed by atoms with van der Waals surface area (Å²) in [4.78, 5) is 12.3. The van der Waals surface area contributed by atoms with Crippen LogP contribution in [0.25, 0.3) is 0 Å². The van der Waals surface area contributed by atoms with Crippen LogP contribution in [0.3, 0.4) is 0 Å². The van der Waals surface area contributed by atoms with Crippen LogP contribution < -0.4 is 10.6 Å². The summed E-state index contributed by atoms with van der Waals surface area (Å²) in [5.41, 5.74) is 0.596. The van der Waals surface area contributed by atoms with Crippen LogP contribution in [-0.4, -0.2) is 19.0 Å². The fourth-order valence-electron chi connectivity index (χ4n) is 2.82. The third-order valence-electron chi connectivity index (χ3n) is 4.20. The first-order valence-electron chi connectivity index (χ1n) is 6.98. The van der Waals surface area contributed by atoms with E-state index in [0.717, 1.165) is 44.3 Å². The summed E-state index contributed by atoms with van der Waals surface area (Å²) in [5, 5.41) is 6.40. The first-order valence-corrected chi connectivity index (χ1v) is 6.98. The zero-order valence-electron chi connectivity index (χ0n) is 11.3. The van der Waals surface area contributed by atoms with Gasteiger partial charge in [0, 0.05) is 5.92 Å². The summed E-state index contributed by atoms with van der Waals surface area (Å²) < 4.78 is 13.3. The zero-order valence-corrected chi connectivity index (χ0v) is 12.1. The second-order valence-corrected chi connectivity index (χ2v) is 5.61. The van der Waals surface area contributed by atoms with Crippen LogP contribution in [0.15, 0.2) is 24.3 Å². The Hall–Kier alpha value is -1.13. The van der Waals surface area contributed by atoms with E-state index in [2.05, 4.69) is 10.6 Å². The van der Waals surface area contributed by atoms with Gasteiger partial charge < -0.3 is 10.6 Å². The monoisotopic (exact) mass is 298 g/mol. The number of amides is 1. The number of nitrogens with one attached hydrogen (secondary N) is 2. The van der Waals surface area contributed by atoms with Crippen LogP contribution in [-0.2, 0) is 10.3 Å².